The lowest BCUT2D eigenvalue weighted by Crippen LogP contribution is -2.17. The first kappa shape index (κ1) is 10.7. The number of hydrogen-bond donors (Lipinski definition) is 0. The standard InChI is InChI=1S/C7H22Si3/c1-3-4-5-6-7-9-10(2)8/h10H,3-7,9H2,1-2,8H3. The van der Waals surface area contributed by atoms with Crippen LogP contribution in [-0.2, 0) is 0 Å². The van der Waals surface area contributed by atoms with E-state index in [2.05, 4.69) is 13.5 Å². The van der Waals surface area contributed by atoms with E-state index in [1.165, 1.54) is 19.3 Å². The van der Waals surface area contributed by atoms with Gasteiger partial charge in [-0.3, -0.25) is 0 Å². The molecule has 0 fully saturated rings. The van der Waals surface area contributed by atoms with Crippen LogP contribution in [0.15, 0.2) is 0 Å². The summed E-state index contributed by atoms with van der Waals surface area (Å²) in [5.74, 6) is 0. The average Bonchev–Trinajstić information content (AvgIpc) is 1.87. The first-order valence-electron chi connectivity index (χ1n) is 4.77. The van der Waals surface area contributed by atoms with Gasteiger partial charge in [0.2, 0.25) is 0 Å². The molecule has 0 radical (unpaired) electrons. The van der Waals surface area contributed by atoms with E-state index in [1.54, 1.807) is 22.2 Å². The Morgan fingerprint density at radius 3 is 2.50 bits per heavy atom. The first-order valence-corrected chi connectivity index (χ1v) is 14.8. The van der Waals surface area contributed by atoms with E-state index in [-0.39, 0.29) is 7.83 Å². The molecule has 0 aromatic carbocycles. The van der Waals surface area contributed by atoms with Crippen LogP contribution in [0.25, 0.3) is 0 Å². The zero-order valence-corrected chi connectivity index (χ0v) is 12.4. The molecule has 0 nitrogen and oxygen atoms in total. The van der Waals surface area contributed by atoms with Crippen LogP contribution in [0.1, 0.15) is 32.6 Å². The fraction of sp³-hybridized carbons (Fsp3) is 1.00. The quantitative estimate of drug-likeness (QED) is 0.419. The Balaban J connectivity index is 2.77. The van der Waals surface area contributed by atoms with Crippen molar-refractivity contribution < 1.29 is 0 Å². The molecule has 0 heterocycles. The molecule has 0 aromatic rings. The molecule has 0 N–H and O–H groups in total. The van der Waals surface area contributed by atoms with E-state index in [1.807, 2.05) is 0 Å². The summed E-state index contributed by atoms with van der Waals surface area (Å²) < 4.78 is 0. The Kier molecular flexibility index (Phi) is 8.26. The van der Waals surface area contributed by atoms with Crippen molar-refractivity contribution in [2.24, 2.45) is 0 Å². The molecule has 0 amide bonds. The molecular formula is C7H22Si3. The summed E-state index contributed by atoms with van der Waals surface area (Å²) in [6.45, 7) is 4.86. The molecule has 0 spiro atoms. The Labute approximate surface area is 72.2 Å². The highest BCUT2D eigenvalue weighted by Gasteiger charge is 1.95. The van der Waals surface area contributed by atoms with Gasteiger partial charge in [0, 0.05) is 16.9 Å². The van der Waals surface area contributed by atoms with E-state index >= 15 is 0 Å². The van der Waals surface area contributed by atoms with Gasteiger partial charge in [0.15, 0.2) is 0 Å². The lowest BCUT2D eigenvalue weighted by atomic mass is 10.2. The minimum atomic E-state index is 0.0557. The zero-order valence-electron chi connectivity index (χ0n) is 7.82. The third kappa shape index (κ3) is 8.65. The predicted molar refractivity (Wildman–Crippen MR) is 60.4 cm³/mol. The fourth-order valence-corrected chi connectivity index (χ4v) is 9.60. The largest absolute Gasteiger partial charge is 0.0768 e. The van der Waals surface area contributed by atoms with E-state index in [4.69, 9.17) is 0 Å². The Bertz CT molecular complexity index is 63.9. The van der Waals surface area contributed by atoms with Crippen LogP contribution < -0.4 is 0 Å². The number of rotatable bonds is 6. The highest BCUT2D eigenvalue weighted by Crippen LogP contribution is 2.01. The van der Waals surface area contributed by atoms with Gasteiger partial charge < -0.3 is 0 Å². The molecule has 62 valence electrons. The van der Waals surface area contributed by atoms with Crippen molar-refractivity contribution >= 4 is 26.6 Å². The topological polar surface area (TPSA) is 0 Å². The highest BCUT2D eigenvalue weighted by molar-refractivity contribution is 7.34. The molecule has 0 saturated carbocycles. The molecule has 0 aliphatic rings. The Hall–Kier alpha value is 0.651. The molecule has 1 unspecified atom stereocenters. The second kappa shape index (κ2) is 7.75. The maximum Gasteiger partial charge on any atom is 0.00809 e. The average molecular weight is 191 g/mol. The maximum atomic E-state index is 2.57. The fourth-order valence-electron chi connectivity index (χ4n) is 1.16. The van der Waals surface area contributed by atoms with E-state index < -0.39 is 0 Å². The lowest BCUT2D eigenvalue weighted by molar-refractivity contribution is 0.701. The highest BCUT2D eigenvalue weighted by atomic mass is 29.5. The molecule has 3 heteroatoms. The summed E-state index contributed by atoms with van der Waals surface area (Å²) >= 11 is 0. The first-order chi connectivity index (χ1) is 4.77. The Morgan fingerprint density at radius 2 is 2.00 bits per heavy atom. The van der Waals surface area contributed by atoms with Crippen LogP contribution in [0, 0.1) is 0 Å². The molecule has 0 aromatic heterocycles. The summed E-state index contributed by atoms with van der Waals surface area (Å²) in [5, 5.41) is 0. The smallest absolute Gasteiger partial charge is 0.00809 e. The van der Waals surface area contributed by atoms with Gasteiger partial charge in [0.25, 0.3) is 0 Å². The van der Waals surface area contributed by atoms with Crippen molar-refractivity contribution in [3.8, 4) is 0 Å². The second-order valence-corrected chi connectivity index (χ2v) is 25.1. The van der Waals surface area contributed by atoms with Crippen molar-refractivity contribution in [3.05, 3.63) is 0 Å². The van der Waals surface area contributed by atoms with Crippen LogP contribution in [0.5, 0.6) is 0 Å². The molecule has 0 bridgehead atoms. The summed E-state index contributed by atoms with van der Waals surface area (Å²) in [4.78, 5) is 0. The third-order valence-corrected chi connectivity index (χ3v) is 13.8. The van der Waals surface area contributed by atoms with Crippen molar-refractivity contribution in [2.75, 3.05) is 0 Å². The van der Waals surface area contributed by atoms with Gasteiger partial charge in [-0.15, -0.1) is 0 Å². The molecule has 1 atom stereocenters. The van der Waals surface area contributed by atoms with Gasteiger partial charge >= 0.3 is 0 Å². The van der Waals surface area contributed by atoms with Crippen molar-refractivity contribution in [1.82, 2.24) is 0 Å². The van der Waals surface area contributed by atoms with Crippen LogP contribution in [0.3, 0.4) is 0 Å². The van der Waals surface area contributed by atoms with Crippen molar-refractivity contribution in [1.29, 1.82) is 0 Å². The molecule has 0 rings (SSSR count). The van der Waals surface area contributed by atoms with Crippen LogP contribution in [0.4, 0.5) is 0 Å². The van der Waals surface area contributed by atoms with Gasteiger partial charge in [-0.05, 0) is 9.76 Å². The summed E-state index contributed by atoms with van der Waals surface area (Å²) in [6, 6.07) is 1.68. The van der Waals surface area contributed by atoms with Gasteiger partial charge in [-0.2, -0.15) is 0 Å². The minimum Gasteiger partial charge on any atom is -0.0768 e. The molecule has 0 saturated heterocycles. The normalized spacial score (nSPS) is 15.0. The second-order valence-electron chi connectivity index (χ2n) is 3.60. The lowest BCUT2D eigenvalue weighted by Gasteiger charge is -2.00. The van der Waals surface area contributed by atoms with E-state index in [0.717, 1.165) is 0 Å². The monoisotopic (exact) mass is 190 g/mol. The SMILES string of the molecule is CCCCCC[SiH2][SiH](C)[SiH3]. The summed E-state index contributed by atoms with van der Waals surface area (Å²) in [5.41, 5.74) is 0. The van der Waals surface area contributed by atoms with Gasteiger partial charge in [0.1, 0.15) is 0 Å². The molecular weight excluding hydrogens is 168 g/mol. The zero-order chi connectivity index (χ0) is 7.82. The minimum absolute atomic E-state index is 0.0557. The molecule has 0 aliphatic carbocycles. The van der Waals surface area contributed by atoms with Gasteiger partial charge in [-0.1, -0.05) is 45.2 Å². The molecule has 10 heavy (non-hydrogen) atoms. The number of hydrogen-bond acceptors (Lipinski definition) is 0. The van der Waals surface area contributed by atoms with Gasteiger partial charge in [-0.25, -0.2) is 0 Å². The van der Waals surface area contributed by atoms with E-state index in [9.17, 15) is 0 Å². The maximum absolute atomic E-state index is 2.57. The van der Waals surface area contributed by atoms with Crippen molar-refractivity contribution in [3.63, 3.8) is 0 Å². The van der Waals surface area contributed by atoms with Crippen LogP contribution >= 0.6 is 0 Å². The van der Waals surface area contributed by atoms with Crippen molar-refractivity contribution in [2.45, 2.75) is 45.2 Å². The predicted octanol–water partition coefficient (Wildman–Crippen LogP) is 0.369. The van der Waals surface area contributed by atoms with Crippen LogP contribution in [0.2, 0.25) is 12.6 Å². The molecule has 0 aliphatic heterocycles. The van der Waals surface area contributed by atoms with Gasteiger partial charge in [0.05, 0.1) is 0 Å². The summed E-state index contributed by atoms with van der Waals surface area (Å²) in [6.07, 6.45) is 5.96. The van der Waals surface area contributed by atoms with E-state index in [0.29, 0.717) is 9.04 Å². The third-order valence-electron chi connectivity index (χ3n) is 1.89. The number of unbranched alkanes of at least 4 members (excludes halogenated alkanes) is 3. The Morgan fingerprint density at radius 1 is 1.30 bits per heavy atom. The summed E-state index contributed by atoms with van der Waals surface area (Å²) in [7, 11) is 2.16. The van der Waals surface area contributed by atoms with Crippen LogP contribution in [-0.4, -0.2) is 26.6 Å².